The molecule has 1 N–H and O–H groups in total. The highest BCUT2D eigenvalue weighted by atomic mass is 32.2. The van der Waals surface area contributed by atoms with Gasteiger partial charge in [0, 0.05) is 32.4 Å². The van der Waals surface area contributed by atoms with Gasteiger partial charge in [-0.15, -0.1) is 0 Å². The number of aromatic nitrogens is 3. The van der Waals surface area contributed by atoms with E-state index in [4.69, 9.17) is 0 Å². The first-order valence-corrected chi connectivity index (χ1v) is 9.29. The van der Waals surface area contributed by atoms with Gasteiger partial charge in [0.15, 0.2) is 5.16 Å². The van der Waals surface area contributed by atoms with Crippen molar-refractivity contribution in [2.24, 2.45) is 0 Å². The molecule has 0 aliphatic carbocycles. The summed E-state index contributed by atoms with van der Waals surface area (Å²) < 4.78 is 0. The third kappa shape index (κ3) is 3.61. The van der Waals surface area contributed by atoms with Crippen LogP contribution in [0.4, 0.5) is 5.82 Å². The molecule has 128 valence electrons. The Bertz CT molecular complexity index is 825. The molecule has 3 heterocycles. The van der Waals surface area contributed by atoms with E-state index in [-0.39, 0.29) is 5.91 Å². The summed E-state index contributed by atoms with van der Waals surface area (Å²) in [5.41, 5.74) is 1.93. The number of amides is 1. The molecule has 0 saturated carbocycles. The van der Waals surface area contributed by atoms with Crippen LogP contribution in [0.3, 0.4) is 0 Å². The van der Waals surface area contributed by atoms with Crippen molar-refractivity contribution >= 4 is 34.5 Å². The van der Waals surface area contributed by atoms with Gasteiger partial charge < -0.3 is 14.8 Å². The summed E-state index contributed by atoms with van der Waals surface area (Å²) in [5.74, 6) is 1.54. The molecular formula is C18H19N5OS. The molecule has 0 atom stereocenters. The van der Waals surface area contributed by atoms with Crippen LogP contribution >= 0.6 is 11.8 Å². The van der Waals surface area contributed by atoms with Gasteiger partial charge in [-0.25, -0.2) is 9.97 Å². The fraction of sp³-hybridized carbons (Fsp3) is 0.278. The number of carbonyl (C=O) groups excluding carboxylic acids is 1. The van der Waals surface area contributed by atoms with Crippen LogP contribution in [0.15, 0.2) is 53.8 Å². The third-order valence-corrected chi connectivity index (χ3v) is 5.16. The Morgan fingerprint density at radius 2 is 1.88 bits per heavy atom. The highest BCUT2D eigenvalue weighted by Gasteiger charge is 2.22. The first kappa shape index (κ1) is 16.0. The summed E-state index contributed by atoms with van der Waals surface area (Å²) in [6.07, 6.45) is 1.80. The zero-order valence-corrected chi connectivity index (χ0v) is 14.6. The highest BCUT2D eigenvalue weighted by Crippen LogP contribution is 2.20. The quantitative estimate of drug-likeness (QED) is 0.730. The molecule has 1 aliphatic heterocycles. The molecule has 4 rings (SSSR count). The zero-order valence-electron chi connectivity index (χ0n) is 13.8. The minimum Gasteiger partial charge on any atom is -0.353 e. The lowest BCUT2D eigenvalue weighted by molar-refractivity contribution is -0.128. The Morgan fingerprint density at radius 1 is 1.08 bits per heavy atom. The highest BCUT2D eigenvalue weighted by molar-refractivity contribution is 7.99. The zero-order chi connectivity index (χ0) is 17.1. The lowest BCUT2D eigenvalue weighted by Crippen LogP contribution is -2.49. The maximum absolute atomic E-state index is 12.5. The van der Waals surface area contributed by atoms with Crippen LogP contribution in [0.1, 0.15) is 0 Å². The van der Waals surface area contributed by atoms with Crippen LogP contribution in [0.5, 0.6) is 0 Å². The molecule has 1 aliphatic rings. The van der Waals surface area contributed by atoms with E-state index in [1.54, 1.807) is 6.20 Å². The van der Waals surface area contributed by atoms with Crippen LogP contribution in [0.2, 0.25) is 0 Å². The molecule has 2 aromatic heterocycles. The maximum atomic E-state index is 12.5. The smallest absolute Gasteiger partial charge is 0.233 e. The number of hydrogen-bond donors (Lipinski definition) is 1. The topological polar surface area (TPSA) is 65.1 Å². The second-order valence-electron chi connectivity index (χ2n) is 5.90. The lowest BCUT2D eigenvalue weighted by Gasteiger charge is -2.35. The van der Waals surface area contributed by atoms with Gasteiger partial charge in [-0.2, -0.15) is 0 Å². The Kier molecular flexibility index (Phi) is 4.56. The number of hydrogen-bond acceptors (Lipinski definition) is 5. The number of nitrogens with one attached hydrogen (secondary N) is 1. The van der Waals surface area contributed by atoms with Gasteiger partial charge in [0.1, 0.15) is 5.82 Å². The van der Waals surface area contributed by atoms with E-state index >= 15 is 0 Å². The molecule has 1 fully saturated rings. The molecule has 0 spiro atoms. The van der Waals surface area contributed by atoms with Gasteiger partial charge in [-0.1, -0.05) is 30.0 Å². The van der Waals surface area contributed by atoms with E-state index < -0.39 is 0 Å². The fourth-order valence-electron chi connectivity index (χ4n) is 2.94. The van der Waals surface area contributed by atoms with Crippen molar-refractivity contribution < 1.29 is 4.79 Å². The lowest BCUT2D eigenvalue weighted by atomic mass is 10.3. The van der Waals surface area contributed by atoms with Crippen molar-refractivity contribution in [3.8, 4) is 0 Å². The molecule has 6 nitrogen and oxygen atoms in total. The van der Waals surface area contributed by atoms with Gasteiger partial charge in [0.25, 0.3) is 0 Å². The first-order chi connectivity index (χ1) is 12.3. The van der Waals surface area contributed by atoms with Gasteiger partial charge in [0.05, 0.1) is 16.8 Å². The Hall–Kier alpha value is -2.54. The minimum absolute atomic E-state index is 0.158. The Labute approximate surface area is 150 Å². The number of anilines is 1. The van der Waals surface area contributed by atoms with Crippen LogP contribution in [0, 0.1) is 0 Å². The van der Waals surface area contributed by atoms with E-state index in [1.807, 2.05) is 47.4 Å². The number of benzene rings is 1. The van der Waals surface area contributed by atoms with E-state index in [0.29, 0.717) is 5.75 Å². The molecule has 3 aromatic rings. The number of nitrogens with zero attached hydrogens (tertiary/aromatic N) is 4. The predicted octanol–water partition coefficient (Wildman–Crippen LogP) is 2.40. The third-order valence-electron chi connectivity index (χ3n) is 4.31. The largest absolute Gasteiger partial charge is 0.353 e. The van der Waals surface area contributed by atoms with Crippen molar-refractivity contribution in [3.63, 3.8) is 0 Å². The molecule has 0 radical (unpaired) electrons. The van der Waals surface area contributed by atoms with Gasteiger partial charge in [0.2, 0.25) is 5.91 Å². The molecule has 0 unspecified atom stereocenters. The minimum atomic E-state index is 0.158. The average Bonchev–Trinajstić information content (AvgIpc) is 3.10. The van der Waals surface area contributed by atoms with E-state index in [0.717, 1.165) is 48.2 Å². The number of aromatic amines is 1. The second kappa shape index (κ2) is 7.14. The van der Waals surface area contributed by atoms with E-state index in [2.05, 4.69) is 19.9 Å². The Balaban J connectivity index is 1.30. The summed E-state index contributed by atoms with van der Waals surface area (Å²) >= 11 is 1.46. The second-order valence-corrected chi connectivity index (χ2v) is 6.87. The number of pyridine rings is 1. The standard InChI is InChI=1S/C18H19N5OS/c24-17(13-25-18-20-14-5-1-2-6-15(14)21-18)23-11-9-22(10-12-23)16-7-3-4-8-19-16/h1-8H,9-13H2,(H,20,21). The summed E-state index contributed by atoms with van der Waals surface area (Å²) in [6.45, 7) is 3.10. The molecule has 7 heteroatoms. The van der Waals surface area contributed by atoms with Gasteiger partial charge in [-0.05, 0) is 24.3 Å². The molecule has 1 amide bonds. The molecular weight excluding hydrogens is 334 g/mol. The van der Waals surface area contributed by atoms with E-state index in [9.17, 15) is 4.79 Å². The van der Waals surface area contributed by atoms with Gasteiger partial charge in [-0.3, -0.25) is 4.79 Å². The molecule has 25 heavy (non-hydrogen) atoms. The number of rotatable bonds is 4. The molecule has 0 bridgehead atoms. The predicted molar refractivity (Wildman–Crippen MR) is 99.8 cm³/mol. The normalized spacial score (nSPS) is 14.9. The van der Waals surface area contributed by atoms with Crippen LogP contribution < -0.4 is 4.90 Å². The monoisotopic (exact) mass is 353 g/mol. The van der Waals surface area contributed by atoms with Crippen molar-refractivity contribution in [1.29, 1.82) is 0 Å². The van der Waals surface area contributed by atoms with Crippen molar-refractivity contribution in [2.45, 2.75) is 5.16 Å². The maximum Gasteiger partial charge on any atom is 0.233 e. The average molecular weight is 353 g/mol. The van der Waals surface area contributed by atoms with Crippen molar-refractivity contribution in [1.82, 2.24) is 19.9 Å². The number of imidazole rings is 1. The summed E-state index contributed by atoms with van der Waals surface area (Å²) in [7, 11) is 0. The number of H-pyrrole nitrogens is 1. The summed E-state index contributed by atoms with van der Waals surface area (Å²) in [5, 5.41) is 0.793. The number of thioether (sulfide) groups is 1. The van der Waals surface area contributed by atoms with Crippen molar-refractivity contribution in [2.75, 3.05) is 36.8 Å². The van der Waals surface area contributed by atoms with E-state index in [1.165, 1.54) is 11.8 Å². The van der Waals surface area contributed by atoms with Crippen molar-refractivity contribution in [3.05, 3.63) is 48.7 Å². The number of fused-ring (bicyclic) bond motifs is 1. The summed E-state index contributed by atoms with van der Waals surface area (Å²) in [4.78, 5) is 28.7. The molecule has 1 aromatic carbocycles. The number of piperazine rings is 1. The Morgan fingerprint density at radius 3 is 2.64 bits per heavy atom. The first-order valence-electron chi connectivity index (χ1n) is 8.31. The fourth-order valence-corrected chi connectivity index (χ4v) is 3.73. The van der Waals surface area contributed by atoms with Crippen LogP contribution in [-0.2, 0) is 4.79 Å². The number of carbonyl (C=O) groups is 1. The van der Waals surface area contributed by atoms with Crippen LogP contribution in [0.25, 0.3) is 11.0 Å². The number of para-hydroxylation sites is 2. The van der Waals surface area contributed by atoms with Crippen LogP contribution in [-0.4, -0.2) is 57.7 Å². The molecule has 1 saturated heterocycles. The SMILES string of the molecule is O=C(CSc1nc2ccccc2[nH]1)N1CCN(c2ccccn2)CC1. The van der Waals surface area contributed by atoms with Gasteiger partial charge >= 0.3 is 0 Å². The summed E-state index contributed by atoms with van der Waals surface area (Å²) in [6, 6.07) is 13.8.